The fraction of sp³-hybridized carbons (Fsp3) is 0.833. The monoisotopic (exact) mass is 522 g/mol. The Kier molecular flexibility index (Phi) is 12.5. The van der Waals surface area contributed by atoms with Gasteiger partial charge >= 0.3 is 12.1 Å². The standard InChI is InChI=1S/C11H21ClN3O2.C11H21N3O2.2CH4/c1-11(2)9(16)13(10(17)14(11)12)7-6-8-15(3,4)5;1-11(2)9(15)13(10(16)12-11)7-6-8-14(3,4)5;;/h6-8H2,1-5H3;6-8H2,1-5H3;2*1H4/q+1;;;/p+1. The summed E-state index contributed by atoms with van der Waals surface area (Å²) >= 11 is 5.83. The highest BCUT2D eigenvalue weighted by Crippen LogP contribution is 2.29. The van der Waals surface area contributed by atoms with Crippen LogP contribution in [0.4, 0.5) is 9.59 Å². The second-order valence-corrected chi connectivity index (χ2v) is 12.2. The molecule has 2 rings (SSSR count). The second-order valence-electron chi connectivity index (χ2n) is 11.8. The third-order valence-electron chi connectivity index (χ3n) is 5.52. The van der Waals surface area contributed by atoms with Crippen LogP contribution < -0.4 is 5.32 Å². The van der Waals surface area contributed by atoms with E-state index in [1.165, 1.54) is 9.80 Å². The largest absolute Gasteiger partial charge is 0.342 e. The Hall–Kier alpha value is -1.91. The molecule has 0 atom stereocenters. The normalized spacial score (nSPS) is 19.1. The molecule has 35 heavy (non-hydrogen) atoms. The zero-order valence-electron chi connectivity index (χ0n) is 22.0. The Morgan fingerprint density at radius 1 is 0.743 bits per heavy atom. The van der Waals surface area contributed by atoms with Crippen LogP contribution in [0, 0.1) is 0 Å². The van der Waals surface area contributed by atoms with Crippen LogP contribution in [0.1, 0.15) is 55.4 Å². The maximum absolute atomic E-state index is 12.0. The smallest absolute Gasteiger partial charge is 0.331 e. The molecule has 0 aromatic heterocycles. The molecule has 0 aliphatic carbocycles. The van der Waals surface area contributed by atoms with E-state index in [1.54, 1.807) is 27.7 Å². The molecule has 2 aliphatic heterocycles. The number of imide groups is 2. The highest BCUT2D eigenvalue weighted by Gasteiger charge is 2.50. The minimum atomic E-state index is -0.935. The van der Waals surface area contributed by atoms with Gasteiger partial charge in [0, 0.05) is 37.7 Å². The van der Waals surface area contributed by atoms with Crippen LogP contribution >= 0.6 is 11.8 Å². The van der Waals surface area contributed by atoms with E-state index in [0.717, 1.165) is 39.3 Å². The molecule has 0 unspecified atom stereocenters. The van der Waals surface area contributed by atoms with Crippen LogP contribution in [0.25, 0.3) is 0 Å². The van der Waals surface area contributed by atoms with Gasteiger partial charge in [-0.2, -0.15) is 0 Å². The van der Waals surface area contributed by atoms with E-state index in [-0.39, 0.29) is 32.7 Å². The molecule has 206 valence electrons. The number of hydrogen-bond donors (Lipinski definition) is 1. The molecule has 0 aromatic rings. The molecule has 0 saturated carbocycles. The molecule has 1 N–H and O–H groups in total. The van der Waals surface area contributed by atoms with Crippen LogP contribution in [0.2, 0.25) is 0 Å². The van der Waals surface area contributed by atoms with E-state index in [1.807, 2.05) is 0 Å². The molecule has 10 nitrogen and oxygen atoms in total. The molecular weight excluding hydrogens is 472 g/mol. The lowest BCUT2D eigenvalue weighted by Gasteiger charge is -2.24. The van der Waals surface area contributed by atoms with Gasteiger partial charge in [-0.25, -0.2) is 14.0 Å². The van der Waals surface area contributed by atoms with Crippen LogP contribution in [-0.4, -0.2) is 127 Å². The predicted molar refractivity (Wildman–Crippen MR) is 142 cm³/mol. The van der Waals surface area contributed by atoms with Crippen molar-refractivity contribution in [1.29, 1.82) is 0 Å². The zero-order valence-corrected chi connectivity index (χ0v) is 22.7. The lowest BCUT2D eigenvalue weighted by molar-refractivity contribution is -0.870. The number of rotatable bonds is 8. The summed E-state index contributed by atoms with van der Waals surface area (Å²) in [5.74, 6) is -0.349. The molecule has 2 aliphatic rings. The summed E-state index contributed by atoms with van der Waals surface area (Å²) in [6, 6.07) is -0.681. The van der Waals surface area contributed by atoms with Gasteiger partial charge in [0.25, 0.3) is 11.8 Å². The van der Waals surface area contributed by atoms with Crippen molar-refractivity contribution in [3.63, 3.8) is 0 Å². The lowest BCUT2D eigenvalue weighted by Crippen LogP contribution is -2.41. The minimum absolute atomic E-state index is 0. The summed E-state index contributed by atoms with van der Waals surface area (Å²) in [5, 5.41) is 2.67. The summed E-state index contributed by atoms with van der Waals surface area (Å²) in [6.45, 7) is 9.54. The molecule has 0 aromatic carbocycles. The number of urea groups is 2. The van der Waals surface area contributed by atoms with Crippen molar-refractivity contribution >= 4 is 35.7 Å². The number of carbonyl (C=O) groups excluding carboxylic acids is 4. The molecule has 0 spiro atoms. The Labute approximate surface area is 218 Å². The van der Waals surface area contributed by atoms with Gasteiger partial charge in [0.05, 0.1) is 55.4 Å². The average Bonchev–Trinajstić information content (AvgIpc) is 2.91. The van der Waals surface area contributed by atoms with Crippen molar-refractivity contribution < 1.29 is 28.1 Å². The van der Waals surface area contributed by atoms with Crippen molar-refractivity contribution in [2.24, 2.45) is 0 Å². The SMILES string of the molecule is C.C.CC1(C)C(=O)N(CCC[N+](C)(C)C)C(=O)N1Cl.CC1(C)NC(=O)N(CCC[N+](C)(C)C)C1=O. The summed E-state index contributed by atoms with van der Waals surface area (Å²) in [6.07, 6.45) is 1.61. The van der Waals surface area contributed by atoms with Crippen LogP contribution in [-0.2, 0) is 9.59 Å². The summed E-state index contributed by atoms with van der Waals surface area (Å²) < 4.78 is 2.64. The van der Waals surface area contributed by atoms with E-state index in [4.69, 9.17) is 11.8 Å². The molecule has 2 heterocycles. The summed E-state index contributed by atoms with van der Waals surface area (Å²) in [5.41, 5.74) is -1.68. The summed E-state index contributed by atoms with van der Waals surface area (Å²) in [7, 11) is 12.5. The van der Waals surface area contributed by atoms with Crippen LogP contribution in [0.5, 0.6) is 0 Å². The molecule has 2 fully saturated rings. The van der Waals surface area contributed by atoms with Crippen LogP contribution in [0.3, 0.4) is 0 Å². The number of amides is 6. The van der Waals surface area contributed by atoms with Gasteiger partial charge in [0.15, 0.2) is 0 Å². The molecular formula is C24H51ClN6O4+2. The Balaban J connectivity index is 0. The number of halogens is 1. The fourth-order valence-electron chi connectivity index (χ4n) is 3.47. The Bertz CT molecular complexity index is 771. The van der Waals surface area contributed by atoms with Gasteiger partial charge in [-0.3, -0.25) is 19.4 Å². The van der Waals surface area contributed by atoms with E-state index in [0.29, 0.717) is 13.1 Å². The molecule has 0 radical (unpaired) electrons. The van der Waals surface area contributed by atoms with Gasteiger partial charge in [-0.15, -0.1) is 0 Å². The minimum Gasteiger partial charge on any atom is -0.331 e. The fourth-order valence-corrected chi connectivity index (χ4v) is 3.63. The first-order valence-corrected chi connectivity index (χ1v) is 11.6. The number of quaternary nitrogens is 2. The van der Waals surface area contributed by atoms with Gasteiger partial charge < -0.3 is 14.3 Å². The third kappa shape index (κ3) is 9.57. The summed E-state index contributed by atoms with van der Waals surface area (Å²) in [4.78, 5) is 49.7. The second kappa shape index (κ2) is 12.4. The first-order valence-electron chi connectivity index (χ1n) is 11.3. The number of nitrogens with zero attached hydrogens (tertiary/aromatic N) is 5. The quantitative estimate of drug-likeness (QED) is 0.301. The van der Waals surface area contributed by atoms with Crippen molar-refractivity contribution in [1.82, 2.24) is 19.5 Å². The first kappa shape index (κ1) is 35.3. The Morgan fingerprint density at radius 2 is 1.14 bits per heavy atom. The highest BCUT2D eigenvalue weighted by molar-refractivity contribution is 6.27. The zero-order chi connectivity index (χ0) is 26.0. The van der Waals surface area contributed by atoms with Gasteiger partial charge in [-0.1, -0.05) is 14.9 Å². The number of hydrogen-bond acceptors (Lipinski definition) is 4. The molecule has 0 bridgehead atoms. The third-order valence-corrected chi connectivity index (χ3v) is 6.09. The van der Waals surface area contributed by atoms with E-state index in [9.17, 15) is 19.2 Å². The van der Waals surface area contributed by atoms with Gasteiger partial charge in [0.2, 0.25) is 0 Å². The van der Waals surface area contributed by atoms with Crippen molar-refractivity contribution in [2.75, 3.05) is 68.5 Å². The number of nitrogens with one attached hydrogen (secondary N) is 1. The molecule has 11 heteroatoms. The van der Waals surface area contributed by atoms with Crippen molar-refractivity contribution in [2.45, 2.75) is 66.5 Å². The predicted octanol–water partition coefficient (Wildman–Crippen LogP) is 2.96. The maximum atomic E-state index is 12.0. The van der Waals surface area contributed by atoms with Crippen molar-refractivity contribution in [3.05, 3.63) is 0 Å². The Morgan fingerprint density at radius 3 is 1.43 bits per heavy atom. The molecule has 2 saturated heterocycles. The topological polar surface area (TPSA) is 90.0 Å². The lowest BCUT2D eigenvalue weighted by atomic mass is 10.1. The van der Waals surface area contributed by atoms with Crippen LogP contribution in [0.15, 0.2) is 0 Å². The first-order chi connectivity index (χ1) is 14.7. The van der Waals surface area contributed by atoms with E-state index in [2.05, 4.69) is 47.6 Å². The number of carbonyl (C=O) groups is 4. The van der Waals surface area contributed by atoms with Gasteiger partial charge in [0.1, 0.15) is 11.1 Å². The average molecular weight is 523 g/mol. The van der Waals surface area contributed by atoms with E-state index < -0.39 is 17.1 Å². The van der Waals surface area contributed by atoms with E-state index >= 15 is 0 Å². The van der Waals surface area contributed by atoms with Gasteiger partial charge in [-0.05, 0) is 27.7 Å². The molecule has 6 amide bonds. The highest BCUT2D eigenvalue weighted by atomic mass is 35.5. The maximum Gasteiger partial charge on any atom is 0.342 e. The van der Waals surface area contributed by atoms with Crippen molar-refractivity contribution in [3.8, 4) is 0 Å².